The van der Waals surface area contributed by atoms with Gasteiger partial charge < -0.3 is 28.7 Å². The summed E-state index contributed by atoms with van der Waals surface area (Å²) in [6, 6.07) is 11.2. The fourth-order valence-electron chi connectivity index (χ4n) is 6.94. The average Bonchev–Trinajstić information content (AvgIpc) is 3.55. The molecule has 3 heterocycles. The van der Waals surface area contributed by atoms with Gasteiger partial charge in [-0.05, 0) is 48.9 Å². The molecule has 54 heavy (non-hydrogen) atoms. The Labute approximate surface area is 316 Å². The van der Waals surface area contributed by atoms with E-state index in [0.717, 1.165) is 9.80 Å². The number of ether oxygens (including phenoxy) is 4. The number of hydrogen-bond donors (Lipinski definition) is 0. The van der Waals surface area contributed by atoms with Crippen LogP contribution in [0.1, 0.15) is 82.0 Å². The standard InChI is InChI=1S/C40H52N4O10/c1-27(2)25-33(43-35(45)29-9-5-6-10-30(29)36(43)46)39(49)41-13-17-51-21-23-53-19-15-42(16-20-54-24-22-52-18-14-41)40(50)34(26-28(3)4)44-37(47)31-11-7-8-12-32(31)38(44)48/h5-12,27-28,33-34H,13-26H2,1-4H3/t33-,34-/m1/s1. The first-order chi connectivity index (χ1) is 26.0. The van der Waals surface area contributed by atoms with Crippen molar-refractivity contribution < 1.29 is 47.7 Å². The predicted octanol–water partition coefficient (Wildman–Crippen LogP) is 3.15. The number of rotatable bonds is 8. The molecule has 292 valence electrons. The Bertz CT molecular complexity index is 1470. The van der Waals surface area contributed by atoms with Gasteiger partial charge in [-0.3, -0.25) is 38.6 Å². The van der Waals surface area contributed by atoms with E-state index in [2.05, 4.69) is 0 Å². The van der Waals surface area contributed by atoms with E-state index in [0.29, 0.717) is 35.1 Å². The maximum Gasteiger partial charge on any atom is 0.262 e. The van der Waals surface area contributed by atoms with E-state index in [1.165, 1.54) is 0 Å². The van der Waals surface area contributed by atoms with Crippen LogP contribution in [-0.2, 0) is 28.5 Å². The number of carbonyl (C=O) groups excluding carboxylic acids is 6. The smallest absolute Gasteiger partial charge is 0.262 e. The van der Waals surface area contributed by atoms with Crippen LogP contribution in [0.3, 0.4) is 0 Å². The molecule has 0 aliphatic carbocycles. The van der Waals surface area contributed by atoms with Crippen LogP contribution in [0.15, 0.2) is 48.5 Å². The minimum Gasteiger partial charge on any atom is -0.377 e. The summed E-state index contributed by atoms with van der Waals surface area (Å²) in [4.78, 5) is 87.1. The van der Waals surface area contributed by atoms with E-state index in [1.807, 2.05) is 27.7 Å². The quantitative estimate of drug-likeness (QED) is 0.369. The third kappa shape index (κ3) is 9.59. The van der Waals surface area contributed by atoms with Crippen LogP contribution < -0.4 is 0 Å². The van der Waals surface area contributed by atoms with Crippen molar-refractivity contribution in [3.63, 3.8) is 0 Å². The summed E-state index contributed by atoms with van der Waals surface area (Å²) < 4.78 is 23.3. The first-order valence-corrected chi connectivity index (χ1v) is 18.8. The molecular formula is C40H52N4O10. The number of benzene rings is 2. The molecule has 0 bridgehead atoms. The molecule has 14 heteroatoms. The highest BCUT2D eigenvalue weighted by Gasteiger charge is 2.45. The first kappa shape index (κ1) is 40.7. The van der Waals surface area contributed by atoms with E-state index < -0.39 is 35.7 Å². The summed E-state index contributed by atoms with van der Waals surface area (Å²) in [6.45, 7) is 10.2. The largest absolute Gasteiger partial charge is 0.377 e. The molecule has 5 rings (SSSR count). The van der Waals surface area contributed by atoms with Crippen LogP contribution in [0.5, 0.6) is 0 Å². The number of fused-ring (bicyclic) bond motifs is 2. The molecular weight excluding hydrogens is 696 g/mol. The predicted molar refractivity (Wildman–Crippen MR) is 197 cm³/mol. The molecule has 1 fully saturated rings. The minimum absolute atomic E-state index is 0.0279. The fourth-order valence-corrected chi connectivity index (χ4v) is 6.94. The molecule has 0 radical (unpaired) electrons. The lowest BCUT2D eigenvalue weighted by Gasteiger charge is -2.33. The molecule has 0 spiro atoms. The summed E-state index contributed by atoms with van der Waals surface area (Å²) in [5.41, 5.74) is 1.17. The van der Waals surface area contributed by atoms with E-state index >= 15 is 0 Å². The highest BCUT2D eigenvalue weighted by atomic mass is 16.5. The molecule has 1 saturated heterocycles. The van der Waals surface area contributed by atoms with Crippen LogP contribution in [0, 0.1) is 11.8 Å². The van der Waals surface area contributed by atoms with Gasteiger partial charge in [0.1, 0.15) is 12.1 Å². The Balaban J connectivity index is 1.20. The highest BCUT2D eigenvalue weighted by molar-refractivity contribution is 6.23. The van der Waals surface area contributed by atoms with Crippen molar-refractivity contribution in [2.75, 3.05) is 79.0 Å². The first-order valence-electron chi connectivity index (χ1n) is 18.8. The molecule has 2 aromatic carbocycles. The maximum absolute atomic E-state index is 14.1. The topological polar surface area (TPSA) is 152 Å². The number of carbonyl (C=O) groups is 6. The summed E-state index contributed by atoms with van der Waals surface area (Å²) in [5, 5.41) is 0. The molecule has 14 nitrogen and oxygen atoms in total. The SMILES string of the molecule is CC(C)C[C@H](C(=O)N1CCOCCOCCN(C(=O)[C@@H](CC(C)C)N2C(=O)c3ccccc3C2=O)CCOCCOCC1)N1C(=O)c2ccccc2C1=O. The summed E-state index contributed by atoms with van der Waals surface area (Å²) in [5.74, 6) is -2.55. The van der Waals surface area contributed by atoms with Crippen LogP contribution >= 0.6 is 0 Å². The van der Waals surface area contributed by atoms with Crippen molar-refractivity contribution in [2.45, 2.75) is 52.6 Å². The second-order valence-corrected chi connectivity index (χ2v) is 14.4. The van der Waals surface area contributed by atoms with Crippen molar-refractivity contribution in [3.05, 3.63) is 70.8 Å². The van der Waals surface area contributed by atoms with Gasteiger partial charge in [0.15, 0.2) is 0 Å². The summed E-state index contributed by atoms with van der Waals surface area (Å²) in [7, 11) is 0. The second-order valence-electron chi connectivity index (χ2n) is 14.4. The molecule has 0 N–H and O–H groups in total. The summed E-state index contributed by atoms with van der Waals surface area (Å²) in [6.07, 6.45) is 0.612. The number of hydrogen-bond acceptors (Lipinski definition) is 10. The highest BCUT2D eigenvalue weighted by Crippen LogP contribution is 2.29. The van der Waals surface area contributed by atoms with Gasteiger partial charge in [0.05, 0.1) is 75.1 Å². The Morgan fingerprint density at radius 2 is 0.741 bits per heavy atom. The van der Waals surface area contributed by atoms with E-state index in [4.69, 9.17) is 18.9 Å². The van der Waals surface area contributed by atoms with Crippen LogP contribution in [0.25, 0.3) is 0 Å². The molecule has 3 aliphatic rings. The van der Waals surface area contributed by atoms with Gasteiger partial charge in [-0.25, -0.2) is 0 Å². The van der Waals surface area contributed by atoms with Crippen molar-refractivity contribution in [3.8, 4) is 0 Å². The molecule has 0 aromatic heterocycles. The fraction of sp³-hybridized carbons (Fsp3) is 0.550. The van der Waals surface area contributed by atoms with Crippen molar-refractivity contribution in [2.24, 2.45) is 11.8 Å². The Hall–Kier alpha value is -4.50. The monoisotopic (exact) mass is 748 g/mol. The van der Waals surface area contributed by atoms with Crippen molar-refractivity contribution in [1.29, 1.82) is 0 Å². The third-order valence-corrected chi connectivity index (χ3v) is 9.62. The number of imide groups is 2. The van der Waals surface area contributed by atoms with Crippen LogP contribution in [0.4, 0.5) is 0 Å². The van der Waals surface area contributed by atoms with Gasteiger partial charge >= 0.3 is 0 Å². The molecule has 6 amide bonds. The average molecular weight is 749 g/mol. The van der Waals surface area contributed by atoms with Crippen molar-refractivity contribution >= 4 is 35.4 Å². The Morgan fingerprint density at radius 1 is 0.481 bits per heavy atom. The molecule has 3 aliphatic heterocycles. The lowest BCUT2D eigenvalue weighted by atomic mass is 10.0. The minimum atomic E-state index is -0.982. The number of nitrogens with zero attached hydrogens (tertiary/aromatic N) is 4. The maximum atomic E-state index is 14.1. The zero-order chi connectivity index (χ0) is 38.8. The Kier molecular flexibility index (Phi) is 14.5. The summed E-state index contributed by atoms with van der Waals surface area (Å²) >= 11 is 0. The van der Waals surface area contributed by atoms with Gasteiger partial charge in [-0.1, -0.05) is 52.0 Å². The van der Waals surface area contributed by atoms with Gasteiger partial charge in [0.2, 0.25) is 11.8 Å². The van der Waals surface area contributed by atoms with E-state index in [1.54, 1.807) is 58.3 Å². The van der Waals surface area contributed by atoms with Gasteiger partial charge in [-0.2, -0.15) is 0 Å². The lowest BCUT2D eigenvalue weighted by Crippen LogP contribution is -2.53. The van der Waals surface area contributed by atoms with E-state index in [-0.39, 0.29) is 103 Å². The third-order valence-electron chi connectivity index (χ3n) is 9.62. The normalized spacial score (nSPS) is 19.5. The van der Waals surface area contributed by atoms with Gasteiger partial charge in [0.25, 0.3) is 23.6 Å². The van der Waals surface area contributed by atoms with E-state index in [9.17, 15) is 28.8 Å². The number of amides is 6. The van der Waals surface area contributed by atoms with Gasteiger partial charge in [-0.15, -0.1) is 0 Å². The van der Waals surface area contributed by atoms with Gasteiger partial charge in [0, 0.05) is 26.2 Å². The zero-order valence-corrected chi connectivity index (χ0v) is 31.7. The molecule has 2 atom stereocenters. The molecule has 0 saturated carbocycles. The lowest BCUT2D eigenvalue weighted by molar-refractivity contribution is -0.139. The molecule has 2 aromatic rings. The van der Waals surface area contributed by atoms with Crippen LogP contribution in [0.2, 0.25) is 0 Å². The zero-order valence-electron chi connectivity index (χ0n) is 31.7. The van der Waals surface area contributed by atoms with Crippen LogP contribution in [-0.4, -0.2) is 146 Å². The second kappa shape index (κ2) is 19.2. The van der Waals surface area contributed by atoms with Crippen molar-refractivity contribution in [1.82, 2.24) is 19.6 Å². The Morgan fingerprint density at radius 3 is 0.981 bits per heavy atom. The molecule has 0 unspecified atom stereocenters.